The van der Waals surface area contributed by atoms with E-state index in [-0.39, 0.29) is 16.8 Å². The topological polar surface area (TPSA) is 92.5 Å². The van der Waals surface area contributed by atoms with Crippen molar-refractivity contribution in [3.8, 4) is 0 Å². The average Bonchev–Trinajstić information content (AvgIpc) is 3.09. The summed E-state index contributed by atoms with van der Waals surface area (Å²) in [7, 11) is -0.504. The molecule has 1 unspecified atom stereocenters. The summed E-state index contributed by atoms with van der Waals surface area (Å²) in [6, 6.07) is 13.7. The number of carbonyl (C=O) groups is 1. The zero-order valence-electron chi connectivity index (χ0n) is 18.7. The second-order valence-electron chi connectivity index (χ2n) is 7.64. The van der Waals surface area contributed by atoms with E-state index in [1.165, 1.54) is 18.4 Å². The van der Waals surface area contributed by atoms with Crippen LogP contribution in [0.1, 0.15) is 45.9 Å². The lowest BCUT2D eigenvalue weighted by Gasteiger charge is -2.17. The molecule has 0 aliphatic heterocycles. The Morgan fingerprint density at radius 1 is 1.12 bits per heavy atom. The highest BCUT2D eigenvalue weighted by molar-refractivity contribution is 7.98. The summed E-state index contributed by atoms with van der Waals surface area (Å²) >= 11 is 1.56. The molecule has 1 amide bonds. The molecule has 1 aromatic heterocycles. The highest BCUT2D eigenvalue weighted by Crippen LogP contribution is 2.29. The van der Waals surface area contributed by atoms with Gasteiger partial charge < -0.3 is 9.84 Å². The zero-order valence-corrected chi connectivity index (χ0v) is 20.4. The van der Waals surface area contributed by atoms with Gasteiger partial charge in [0.1, 0.15) is 5.76 Å². The summed E-state index contributed by atoms with van der Waals surface area (Å²) in [6.45, 7) is 5.65. The maximum atomic E-state index is 13.0. The Balaban J connectivity index is 1.72. The Bertz CT molecular complexity index is 1180. The van der Waals surface area contributed by atoms with E-state index < -0.39 is 10.0 Å². The molecule has 0 saturated heterocycles. The number of nitrogens with one attached hydrogen (secondary N) is 1. The minimum absolute atomic E-state index is 0.190. The average molecular weight is 474 g/mol. The summed E-state index contributed by atoms with van der Waals surface area (Å²) in [5, 5.41) is 6.99. The molecule has 32 heavy (non-hydrogen) atoms. The van der Waals surface area contributed by atoms with Crippen LogP contribution in [0.25, 0.3) is 0 Å². The fourth-order valence-corrected chi connectivity index (χ4v) is 5.24. The van der Waals surface area contributed by atoms with E-state index in [0.717, 1.165) is 27.5 Å². The van der Waals surface area contributed by atoms with Gasteiger partial charge in [-0.05, 0) is 50.6 Å². The van der Waals surface area contributed by atoms with Gasteiger partial charge in [0, 0.05) is 30.3 Å². The first-order chi connectivity index (χ1) is 15.1. The number of thioether (sulfide) groups is 1. The second kappa shape index (κ2) is 9.89. The number of sulfonamides is 1. The lowest BCUT2D eigenvalue weighted by atomic mass is 10.1. The molecule has 0 bridgehead atoms. The van der Waals surface area contributed by atoms with E-state index in [4.69, 9.17) is 4.52 Å². The van der Waals surface area contributed by atoms with Crippen LogP contribution in [0.2, 0.25) is 0 Å². The van der Waals surface area contributed by atoms with Gasteiger partial charge >= 0.3 is 0 Å². The third-order valence-corrected chi connectivity index (χ3v) is 8.12. The summed E-state index contributed by atoms with van der Waals surface area (Å²) in [5.41, 5.74) is 3.29. The minimum atomic E-state index is -3.49. The van der Waals surface area contributed by atoms with Crippen LogP contribution in [-0.2, 0) is 15.8 Å². The molecule has 3 rings (SSSR count). The van der Waals surface area contributed by atoms with Crippen LogP contribution in [0, 0.1) is 13.8 Å². The fourth-order valence-electron chi connectivity index (χ4n) is 3.13. The van der Waals surface area contributed by atoms with Crippen LogP contribution >= 0.6 is 11.8 Å². The molecule has 2 aromatic carbocycles. The predicted molar refractivity (Wildman–Crippen MR) is 125 cm³/mol. The number of aryl methyl sites for hydroxylation is 2. The molecular weight excluding hydrogens is 446 g/mol. The van der Waals surface area contributed by atoms with Gasteiger partial charge in [-0.25, -0.2) is 12.7 Å². The molecule has 1 N–H and O–H groups in total. The van der Waals surface area contributed by atoms with Crippen molar-refractivity contribution in [2.75, 3.05) is 14.1 Å². The molecule has 0 fully saturated rings. The monoisotopic (exact) mass is 473 g/mol. The van der Waals surface area contributed by atoms with Gasteiger partial charge in [-0.15, -0.1) is 11.8 Å². The highest BCUT2D eigenvalue weighted by Gasteiger charge is 2.19. The van der Waals surface area contributed by atoms with Crippen LogP contribution in [0.5, 0.6) is 0 Å². The smallest absolute Gasteiger partial charge is 0.252 e. The van der Waals surface area contributed by atoms with Crippen LogP contribution in [0.3, 0.4) is 0 Å². The van der Waals surface area contributed by atoms with E-state index in [9.17, 15) is 13.2 Å². The number of carbonyl (C=O) groups excluding carboxylic acids is 1. The summed E-state index contributed by atoms with van der Waals surface area (Å²) < 4.78 is 30.9. The van der Waals surface area contributed by atoms with Crippen molar-refractivity contribution >= 4 is 27.7 Å². The van der Waals surface area contributed by atoms with E-state index in [1.54, 1.807) is 42.1 Å². The molecule has 170 valence electrons. The van der Waals surface area contributed by atoms with E-state index >= 15 is 0 Å². The van der Waals surface area contributed by atoms with Crippen LogP contribution in [-0.4, -0.2) is 37.9 Å². The first-order valence-electron chi connectivity index (χ1n) is 10.1. The van der Waals surface area contributed by atoms with E-state index in [2.05, 4.69) is 10.5 Å². The van der Waals surface area contributed by atoms with Gasteiger partial charge in [-0.3, -0.25) is 4.79 Å². The van der Waals surface area contributed by atoms with Crippen molar-refractivity contribution in [3.63, 3.8) is 0 Å². The Labute approximate surface area is 193 Å². The number of hydrogen-bond donors (Lipinski definition) is 1. The van der Waals surface area contributed by atoms with Crippen molar-refractivity contribution in [1.29, 1.82) is 0 Å². The Morgan fingerprint density at radius 2 is 1.78 bits per heavy atom. The molecule has 3 aromatic rings. The van der Waals surface area contributed by atoms with E-state index in [0.29, 0.717) is 11.3 Å². The van der Waals surface area contributed by atoms with Crippen LogP contribution in [0.4, 0.5) is 0 Å². The van der Waals surface area contributed by atoms with Gasteiger partial charge in [-0.1, -0.05) is 29.4 Å². The van der Waals surface area contributed by atoms with Crippen LogP contribution in [0.15, 0.2) is 62.8 Å². The van der Waals surface area contributed by atoms with E-state index in [1.807, 2.05) is 39.0 Å². The number of hydrogen-bond acceptors (Lipinski definition) is 6. The van der Waals surface area contributed by atoms with Gasteiger partial charge in [0.2, 0.25) is 10.0 Å². The number of aromatic nitrogens is 1. The third-order valence-electron chi connectivity index (χ3n) is 5.19. The summed E-state index contributed by atoms with van der Waals surface area (Å²) in [4.78, 5) is 14.1. The van der Waals surface area contributed by atoms with Crippen molar-refractivity contribution in [1.82, 2.24) is 14.8 Å². The SMILES string of the molecule is Cc1noc(C)c1CSc1ccccc1C(=O)NC(C)c1ccc(S(=O)(=O)N(C)C)cc1. The number of benzene rings is 2. The molecule has 7 nitrogen and oxygen atoms in total. The normalized spacial score (nSPS) is 12.7. The minimum Gasteiger partial charge on any atom is -0.361 e. The lowest BCUT2D eigenvalue weighted by molar-refractivity contribution is 0.0937. The molecule has 9 heteroatoms. The standard InChI is InChI=1S/C23H27N3O4S2/c1-15(18-10-12-19(13-11-18)32(28,29)26(4)5)24-23(27)20-8-6-7-9-22(20)31-14-21-16(2)25-30-17(21)3/h6-13,15H,14H2,1-5H3,(H,24,27). The van der Waals surface area contributed by atoms with Crippen molar-refractivity contribution < 1.29 is 17.7 Å². The fraction of sp³-hybridized carbons (Fsp3) is 0.304. The summed E-state index contributed by atoms with van der Waals surface area (Å²) in [6.07, 6.45) is 0. The Kier molecular flexibility index (Phi) is 7.43. The lowest BCUT2D eigenvalue weighted by Crippen LogP contribution is -2.27. The predicted octanol–water partition coefficient (Wildman–Crippen LogP) is 4.33. The third kappa shape index (κ3) is 5.23. The van der Waals surface area contributed by atoms with Gasteiger partial charge in [0.25, 0.3) is 5.91 Å². The Hall–Kier alpha value is -2.62. The first kappa shape index (κ1) is 24.0. The number of nitrogens with zero attached hydrogens (tertiary/aromatic N) is 2. The van der Waals surface area contributed by atoms with Crippen LogP contribution < -0.4 is 5.32 Å². The molecule has 0 radical (unpaired) electrons. The molecule has 0 aliphatic carbocycles. The largest absolute Gasteiger partial charge is 0.361 e. The number of rotatable bonds is 8. The molecular formula is C23H27N3O4S2. The molecule has 0 saturated carbocycles. The maximum absolute atomic E-state index is 13.0. The highest BCUT2D eigenvalue weighted by atomic mass is 32.2. The molecule has 1 atom stereocenters. The van der Waals surface area contributed by atoms with Gasteiger partial charge in [0.15, 0.2) is 0 Å². The summed E-state index contributed by atoms with van der Waals surface area (Å²) in [5.74, 6) is 1.25. The molecule has 0 aliphatic rings. The van der Waals surface area contributed by atoms with Crippen molar-refractivity contribution in [2.45, 2.75) is 42.4 Å². The number of amides is 1. The van der Waals surface area contributed by atoms with Gasteiger partial charge in [-0.2, -0.15) is 0 Å². The Morgan fingerprint density at radius 3 is 2.38 bits per heavy atom. The zero-order chi connectivity index (χ0) is 23.5. The molecule has 1 heterocycles. The first-order valence-corrected chi connectivity index (χ1v) is 12.5. The second-order valence-corrected chi connectivity index (χ2v) is 10.8. The van der Waals surface area contributed by atoms with Gasteiger partial charge in [0.05, 0.1) is 22.2 Å². The maximum Gasteiger partial charge on any atom is 0.252 e. The molecule has 0 spiro atoms. The van der Waals surface area contributed by atoms with Crippen molar-refractivity contribution in [2.24, 2.45) is 0 Å². The van der Waals surface area contributed by atoms with Crippen molar-refractivity contribution in [3.05, 3.63) is 76.7 Å². The quantitative estimate of drug-likeness (QED) is 0.490.